The van der Waals surface area contributed by atoms with Crippen molar-refractivity contribution in [2.45, 2.75) is 11.4 Å². The van der Waals surface area contributed by atoms with Crippen molar-refractivity contribution in [3.05, 3.63) is 105 Å². The highest BCUT2D eigenvalue weighted by Gasteiger charge is 2.33. The van der Waals surface area contributed by atoms with Crippen LogP contribution in [0.2, 0.25) is 0 Å². The molecular weight excluding hydrogens is 496 g/mol. The summed E-state index contributed by atoms with van der Waals surface area (Å²) in [6.45, 7) is 0.313. The number of thiocarbonyl (C=S) groups is 1. The first-order valence-electron chi connectivity index (χ1n) is 9.82. The van der Waals surface area contributed by atoms with Crippen molar-refractivity contribution >= 4 is 56.1 Å². The quantitative estimate of drug-likeness (QED) is 0.147. The van der Waals surface area contributed by atoms with Crippen LogP contribution in [0.4, 0.5) is 5.69 Å². The highest BCUT2D eigenvalue weighted by atomic mass is 32.2. The Balaban J connectivity index is 1.63. The summed E-state index contributed by atoms with van der Waals surface area (Å²) < 4.78 is 31.3. The molecule has 3 aromatic rings. The molecule has 0 aliphatic carbocycles. The van der Waals surface area contributed by atoms with Crippen LogP contribution in [0, 0.1) is 10.1 Å². The fourth-order valence-corrected chi connectivity index (χ4v) is 5.57. The molecule has 0 atom stereocenters. The van der Waals surface area contributed by atoms with E-state index in [1.165, 1.54) is 29.2 Å². The fraction of sp³-hybridized carbons (Fsp3) is 0.0435. The molecule has 0 spiro atoms. The van der Waals surface area contributed by atoms with Gasteiger partial charge in [0.05, 0.1) is 16.4 Å². The highest BCUT2D eigenvalue weighted by Crippen LogP contribution is 2.36. The Hall–Kier alpha value is -3.54. The van der Waals surface area contributed by atoms with E-state index in [1.807, 2.05) is 30.3 Å². The molecule has 4 rings (SSSR count). The number of para-hydroxylation sites is 2. The van der Waals surface area contributed by atoms with Gasteiger partial charge < -0.3 is 4.18 Å². The van der Waals surface area contributed by atoms with Crippen LogP contribution >= 0.6 is 24.0 Å². The summed E-state index contributed by atoms with van der Waals surface area (Å²) in [5.74, 6) is -0.385. The fourth-order valence-electron chi connectivity index (χ4n) is 3.20. The Kier molecular flexibility index (Phi) is 6.77. The van der Waals surface area contributed by atoms with Crippen LogP contribution in [0.3, 0.4) is 0 Å². The lowest BCUT2D eigenvalue weighted by Crippen LogP contribution is -2.27. The molecule has 3 aromatic carbocycles. The van der Waals surface area contributed by atoms with Crippen molar-refractivity contribution in [3.63, 3.8) is 0 Å². The molecule has 0 aromatic heterocycles. The van der Waals surface area contributed by atoms with Gasteiger partial charge in [0.15, 0.2) is 4.90 Å². The molecule has 34 heavy (non-hydrogen) atoms. The molecule has 0 bridgehead atoms. The summed E-state index contributed by atoms with van der Waals surface area (Å²) in [5, 5.41) is 11.3. The number of rotatable bonds is 7. The lowest BCUT2D eigenvalue weighted by Gasteiger charge is -2.14. The van der Waals surface area contributed by atoms with Crippen molar-refractivity contribution in [2.75, 3.05) is 0 Å². The second-order valence-corrected chi connectivity index (χ2v) is 10.2. The van der Waals surface area contributed by atoms with E-state index in [0.717, 1.165) is 29.5 Å². The van der Waals surface area contributed by atoms with E-state index < -0.39 is 25.6 Å². The number of hydrogen-bond donors (Lipinski definition) is 0. The van der Waals surface area contributed by atoms with Gasteiger partial charge in [0.1, 0.15) is 10.1 Å². The largest absolute Gasteiger partial charge is 0.378 e. The van der Waals surface area contributed by atoms with Crippen LogP contribution in [0.1, 0.15) is 11.1 Å². The molecule has 1 aliphatic rings. The lowest BCUT2D eigenvalue weighted by molar-refractivity contribution is -0.387. The van der Waals surface area contributed by atoms with E-state index in [2.05, 4.69) is 0 Å². The van der Waals surface area contributed by atoms with Gasteiger partial charge in [0.25, 0.3) is 11.6 Å². The molecule has 1 fully saturated rings. The summed E-state index contributed by atoms with van der Waals surface area (Å²) in [7, 11) is -4.52. The predicted octanol–water partition coefficient (Wildman–Crippen LogP) is 4.76. The maximum Gasteiger partial charge on any atom is 0.346 e. The zero-order chi connectivity index (χ0) is 24.3. The molecule has 0 saturated carbocycles. The molecule has 8 nitrogen and oxygen atoms in total. The zero-order valence-electron chi connectivity index (χ0n) is 17.4. The van der Waals surface area contributed by atoms with Gasteiger partial charge in [0.2, 0.25) is 0 Å². The summed E-state index contributed by atoms with van der Waals surface area (Å²) in [6.07, 6.45) is 1.49. The number of carbonyl (C=O) groups excluding carboxylic acids is 1. The zero-order valence-corrected chi connectivity index (χ0v) is 19.8. The third kappa shape index (κ3) is 5.01. The minimum absolute atomic E-state index is 0.0750. The van der Waals surface area contributed by atoms with Crippen LogP contribution in [-0.4, -0.2) is 28.5 Å². The van der Waals surface area contributed by atoms with Crippen LogP contribution in [0.25, 0.3) is 6.08 Å². The normalized spacial score (nSPS) is 15.1. The highest BCUT2D eigenvalue weighted by molar-refractivity contribution is 8.26. The summed E-state index contributed by atoms with van der Waals surface area (Å²) >= 11 is 6.47. The minimum Gasteiger partial charge on any atom is -0.378 e. The number of nitro benzene ring substituents is 1. The number of nitro groups is 1. The van der Waals surface area contributed by atoms with Gasteiger partial charge in [0, 0.05) is 11.6 Å². The Labute approximate surface area is 205 Å². The number of amides is 1. The molecule has 11 heteroatoms. The molecule has 0 N–H and O–H groups in total. The summed E-state index contributed by atoms with van der Waals surface area (Å²) in [6, 6.07) is 20.5. The van der Waals surface area contributed by atoms with Gasteiger partial charge in [-0.3, -0.25) is 19.8 Å². The van der Waals surface area contributed by atoms with E-state index in [9.17, 15) is 23.3 Å². The van der Waals surface area contributed by atoms with E-state index in [1.54, 1.807) is 18.2 Å². The molecule has 172 valence electrons. The van der Waals surface area contributed by atoms with Crippen molar-refractivity contribution in [1.29, 1.82) is 0 Å². The molecule has 0 unspecified atom stereocenters. The van der Waals surface area contributed by atoms with Crippen molar-refractivity contribution < 1.29 is 22.3 Å². The van der Waals surface area contributed by atoms with Crippen LogP contribution < -0.4 is 4.18 Å². The van der Waals surface area contributed by atoms with Crippen molar-refractivity contribution in [3.8, 4) is 5.75 Å². The Morgan fingerprint density at radius 2 is 1.65 bits per heavy atom. The second-order valence-electron chi connectivity index (χ2n) is 7.05. The number of nitrogens with zero attached hydrogens (tertiary/aromatic N) is 2. The molecule has 0 radical (unpaired) electrons. The molecule has 1 saturated heterocycles. The molecule has 1 aliphatic heterocycles. The predicted molar refractivity (Wildman–Crippen MR) is 133 cm³/mol. The SMILES string of the molecule is O=C1/C(=C\c2ccccc2OS(=O)(=O)c2ccccc2[N+](=O)[O-])SC(=S)N1Cc1ccccc1. The smallest absolute Gasteiger partial charge is 0.346 e. The van der Waals surface area contributed by atoms with E-state index in [0.29, 0.717) is 21.3 Å². The van der Waals surface area contributed by atoms with Crippen LogP contribution in [-0.2, 0) is 21.5 Å². The van der Waals surface area contributed by atoms with Crippen LogP contribution in [0.15, 0.2) is 88.7 Å². The van der Waals surface area contributed by atoms with Gasteiger partial charge in [-0.05, 0) is 23.8 Å². The van der Waals surface area contributed by atoms with Gasteiger partial charge in [-0.2, -0.15) is 8.42 Å². The van der Waals surface area contributed by atoms with E-state index >= 15 is 0 Å². The third-order valence-corrected chi connectivity index (χ3v) is 7.45. The Bertz CT molecular complexity index is 1420. The lowest BCUT2D eigenvalue weighted by atomic mass is 10.2. The number of carbonyl (C=O) groups is 1. The number of benzene rings is 3. The van der Waals surface area contributed by atoms with Gasteiger partial charge in [-0.1, -0.05) is 84.6 Å². The number of thioether (sulfide) groups is 1. The van der Waals surface area contributed by atoms with E-state index in [4.69, 9.17) is 16.4 Å². The number of hydrogen-bond acceptors (Lipinski definition) is 8. The topological polar surface area (TPSA) is 107 Å². The molecule has 1 amide bonds. The van der Waals surface area contributed by atoms with Crippen molar-refractivity contribution in [1.82, 2.24) is 4.90 Å². The first-order valence-corrected chi connectivity index (χ1v) is 12.5. The first kappa shape index (κ1) is 23.6. The Morgan fingerprint density at radius 3 is 2.38 bits per heavy atom. The van der Waals surface area contributed by atoms with Gasteiger partial charge >= 0.3 is 10.1 Å². The van der Waals surface area contributed by atoms with E-state index in [-0.39, 0.29) is 11.7 Å². The van der Waals surface area contributed by atoms with Gasteiger partial charge in [-0.15, -0.1) is 0 Å². The second kappa shape index (κ2) is 9.75. The summed E-state index contributed by atoms with van der Waals surface area (Å²) in [4.78, 5) is 24.7. The van der Waals surface area contributed by atoms with Gasteiger partial charge in [-0.25, -0.2) is 0 Å². The Morgan fingerprint density at radius 1 is 1.00 bits per heavy atom. The monoisotopic (exact) mass is 512 g/mol. The summed E-state index contributed by atoms with van der Waals surface area (Å²) in [5.41, 5.74) is 0.631. The average Bonchev–Trinajstić information content (AvgIpc) is 3.08. The maximum atomic E-state index is 13.0. The van der Waals surface area contributed by atoms with Crippen molar-refractivity contribution in [2.24, 2.45) is 0 Å². The average molecular weight is 513 g/mol. The van der Waals surface area contributed by atoms with Crippen LogP contribution in [0.5, 0.6) is 5.75 Å². The minimum atomic E-state index is -4.52. The molecule has 1 heterocycles. The molecular formula is C23H16N2O6S3. The standard InChI is InChI=1S/C23H16N2O6S3/c26-22-20(33-23(32)24(22)15-16-8-2-1-3-9-16)14-17-10-4-6-12-19(17)31-34(29,30)21-13-7-5-11-18(21)25(27)28/h1-14H,15H2/b20-14+. The third-order valence-electron chi connectivity index (χ3n) is 4.79. The maximum absolute atomic E-state index is 13.0. The first-order chi connectivity index (χ1) is 16.3.